The molecule has 1 saturated carbocycles. The maximum atomic E-state index is 12.3. The first-order valence-corrected chi connectivity index (χ1v) is 9.92. The van der Waals surface area contributed by atoms with Crippen molar-refractivity contribution in [2.24, 2.45) is 0 Å². The average molecular weight is 319 g/mol. The molecule has 1 atom stereocenters. The van der Waals surface area contributed by atoms with Crippen molar-refractivity contribution in [1.29, 1.82) is 0 Å². The molecule has 0 radical (unpaired) electrons. The van der Waals surface area contributed by atoms with Gasteiger partial charge in [0, 0.05) is 27.9 Å². The Bertz CT molecular complexity index is 612. The molecule has 0 amide bonds. The van der Waals surface area contributed by atoms with E-state index in [1.807, 2.05) is 0 Å². The predicted octanol–water partition coefficient (Wildman–Crippen LogP) is 4.56. The highest BCUT2D eigenvalue weighted by molar-refractivity contribution is 7.83. The summed E-state index contributed by atoms with van der Waals surface area (Å²) in [6, 6.07) is 8.29. The van der Waals surface area contributed by atoms with Gasteiger partial charge in [0.05, 0.1) is 16.5 Å². The van der Waals surface area contributed by atoms with Crippen LogP contribution in [0.1, 0.15) is 53.4 Å². The summed E-state index contributed by atoms with van der Waals surface area (Å²) >= 11 is 1.75. The molecule has 1 fully saturated rings. The van der Waals surface area contributed by atoms with Crippen molar-refractivity contribution in [2.45, 2.75) is 50.0 Å². The molecule has 4 heteroatoms. The minimum absolute atomic E-state index is 0.580. The third-order valence-corrected chi connectivity index (χ3v) is 6.36. The van der Waals surface area contributed by atoms with Crippen molar-refractivity contribution in [1.82, 2.24) is 4.98 Å². The van der Waals surface area contributed by atoms with E-state index in [-0.39, 0.29) is 0 Å². The molecule has 0 spiro atoms. The second-order valence-electron chi connectivity index (χ2n) is 5.87. The molecular weight excluding hydrogens is 298 g/mol. The number of thiazole rings is 1. The van der Waals surface area contributed by atoms with Gasteiger partial charge in [0.25, 0.3) is 0 Å². The standard InChI is InChI=1S/C17H21NOS2/c1-13-6-8-14(9-7-13)11-21(19)12-16-10-20-17(18-16)15-4-2-3-5-15/h6-10,15H,2-5,11-12H2,1H3/t21-/m1/s1. The van der Waals surface area contributed by atoms with Gasteiger partial charge in [-0.1, -0.05) is 42.7 Å². The summed E-state index contributed by atoms with van der Waals surface area (Å²) in [4.78, 5) is 4.71. The van der Waals surface area contributed by atoms with Crippen molar-refractivity contribution in [3.05, 3.63) is 51.5 Å². The molecule has 0 aliphatic heterocycles. The maximum absolute atomic E-state index is 12.3. The molecule has 1 aliphatic rings. The normalized spacial score (nSPS) is 17.2. The summed E-state index contributed by atoms with van der Waals surface area (Å²) in [5, 5.41) is 3.36. The fraction of sp³-hybridized carbons (Fsp3) is 0.471. The zero-order valence-electron chi connectivity index (χ0n) is 12.4. The average Bonchev–Trinajstić information content (AvgIpc) is 3.12. The molecule has 1 aromatic carbocycles. The minimum Gasteiger partial charge on any atom is -0.259 e. The summed E-state index contributed by atoms with van der Waals surface area (Å²) < 4.78 is 12.3. The van der Waals surface area contributed by atoms with E-state index in [0.29, 0.717) is 17.4 Å². The molecule has 0 bridgehead atoms. The van der Waals surface area contributed by atoms with Gasteiger partial charge < -0.3 is 0 Å². The molecule has 1 heterocycles. The van der Waals surface area contributed by atoms with E-state index in [9.17, 15) is 4.21 Å². The number of hydrogen-bond acceptors (Lipinski definition) is 3. The highest BCUT2D eigenvalue weighted by Gasteiger charge is 2.20. The van der Waals surface area contributed by atoms with Crippen LogP contribution >= 0.6 is 11.3 Å². The molecule has 2 nitrogen and oxygen atoms in total. The molecule has 3 rings (SSSR count). The van der Waals surface area contributed by atoms with Gasteiger partial charge in [-0.15, -0.1) is 11.3 Å². The van der Waals surface area contributed by atoms with Crippen LogP contribution in [0.5, 0.6) is 0 Å². The monoisotopic (exact) mass is 319 g/mol. The Balaban J connectivity index is 1.58. The number of benzene rings is 1. The third kappa shape index (κ3) is 4.01. The van der Waals surface area contributed by atoms with Crippen LogP contribution in [0, 0.1) is 6.92 Å². The Morgan fingerprint density at radius 2 is 1.90 bits per heavy atom. The van der Waals surface area contributed by atoms with Gasteiger partial charge in [-0.3, -0.25) is 4.21 Å². The SMILES string of the molecule is Cc1ccc(C[S@@](=O)Cc2csc(C3CCCC3)n2)cc1. The number of aromatic nitrogens is 1. The smallest absolute Gasteiger partial charge is 0.0959 e. The van der Waals surface area contributed by atoms with Crippen LogP contribution < -0.4 is 0 Å². The first-order valence-electron chi connectivity index (χ1n) is 7.55. The molecular formula is C17H21NOS2. The lowest BCUT2D eigenvalue weighted by atomic mass is 10.1. The van der Waals surface area contributed by atoms with Gasteiger partial charge in [0.15, 0.2) is 0 Å². The zero-order chi connectivity index (χ0) is 14.7. The van der Waals surface area contributed by atoms with Crippen molar-refractivity contribution in [3.8, 4) is 0 Å². The predicted molar refractivity (Wildman–Crippen MR) is 90.1 cm³/mol. The molecule has 2 aromatic rings. The molecule has 0 saturated heterocycles. The zero-order valence-corrected chi connectivity index (χ0v) is 14.0. The Hall–Kier alpha value is -1.00. The number of nitrogens with zero attached hydrogens (tertiary/aromatic N) is 1. The maximum Gasteiger partial charge on any atom is 0.0959 e. The van der Waals surface area contributed by atoms with Gasteiger partial charge in [-0.2, -0.15) is 0 Å². The largest absolute Gasteiger partial charge is 0.259 e. The lowest BCUT2D eigenvalue weighted by molar-refractivity contribution is 0.681. The number of rotatable bonds is 5. The van der Waals surface area contributed by atoms with E-state index >= 15 is 0 Å². The molecule has 0 N–H and O–H groups in total. The van der Waals surface area contributed by atoms with Crippen LogP contribution in [-0.4, -0.2) is 9.19 Å². The molecule has 112 valence electrons. The minimum atomic E-state index is -0.873. The molecule has 0 unspecified atom stereocenters. The topological polar surface area (TPSA) is 30.0 Å². The summed E-state index contributed by atoms with van der Waals surface area (Å²) in [6.07, 6.45) is 5.22. The van der Waals surface area contributed by atoms with Gasteiger partial charge in [0.1, 0.15) is 0 Å². The van der Waals surface area contributed by atoms with Crippen molar-refractivity contribution in [3.63, 3.8) is 0 Å². The Morgan fingerprint density at radius 3 is 2.62 bits per heavy atom. The van der Waals surface area contributed by atoms with Gasteiger partial charge in [0.2, 0.25) is 0 Å². The van der Waals surface area contributed by atoms with Gasteiger partial charge >= 0.3 is 0 Å². The van der Waals surface area contributed by atoms with Crippen LogP contribution in [0.3, 0.4) is 0 Å². The van der Waals surface area contributed by atoms with Crippen LogP contribution in [0.2, 0.25) is 0 Å². The number of aryl methyl sites for hydroxylation is 1. The van der Waals surface area contributed by atoms with Crippen LogP contribution in [0.4, 0.5) is 0 Å². The lowest BCUT2D eigenvalue weighted by Gasteiger charge is -2.03. The van der Waals surface area contributed by atoms with E-state index in [4.69, 9.17) is 4.98 Å². The van der Waals surface area contributed by atoms with Gasteiger partial charge in [-0.05, 0) is 25.3 Å². The Labute approximate surface area is 133 Å². The fourth-order valence-electron chi connectivity index (χ4n) is 2.84. The van der Waals surface area contributed by atoms with E-state index in [2.05, 4.69) is 36.6 Å². The van der Waals surface area contributed by atoms with Gasteiger partial charge in [-0.25, -0.2) is 4.98 Å². The van der Waals surface area contributed by atoms with Crippen molar-refractivity contribution >= 4 is 22.1 Å². The first kappa shape index (κ1) is 14.9. The second-order valence-corrected chi connectivity index (χ2v) is 8.22. The lowest BCUT2D eigenvalue weighted by Crippen LogP contribution is -2.00. The first-order chi connectivity index (χ1) is 10.2. The molecule has 21 heavy (non-hydrogen) atoms. The highest BCUT2D eigenvalue weighted by Crippen LogP contribution is 2.35. The van der Waals surface area contributed by atoms with E-state index in [1.54, 1.807) is 11.3 Å². The Kier molecular flexibility index (Phi) is 4.86. The summed E-state index contributed by atoms with van der Waals surface area (Å²) in [7, 11) is -0.873. The number of hydrogen-bond donors (Lipinski definition) is 0. The fourth-order valence-corrected chi connectivity index (χ4v) is 5.08. The highest BCUT2D eigenvalue weighted by atomic mass is 32.2. The van der Waals surface area contributed by atoms with E-state index in [1.165, 1.54) is 36.3 Å². The van der Waals surface area contributed by atoms with Crippen molar-refractivity contribution in [2.75, 3.05) is 0 Å². The Morgan fingerprint density at radius 1 is 1.19 bits per heavy atom. The quantitative estimate of drug-likeness (QED) is 0.809. The molecule has 1 aromatic heterocycles. The second kappa shape index (κ2) is 6.84. The van der Waals surface area contributed by atoms with Crippen LogP contribution in [-0.2, 0) is 22.3 Å². The van der Waals surface area contributed by atoms with E-state index in [0.717, 1.165) is 11.3 Å². The third-order valence-electron chi connectivity index (χ3n) is 4.03. The molecule has 1 aliphatic carbocycles. The summed E-state index contributed by atoms with van der Waals surface area (Å²) in [6.45, 7) is 2.07. The summed E-state index contributed by atoms with van der Waals surface area (Å²) in [5.74, 6) is 1.86. The van der Waals surface area contributed by atoms with E-state index < -0.39 is 10.8 Å². The van der Waals surface area contributed by atoms with Crippen molar-refractivity contribution < 1.29 is 4.21 Å². The summed E-state index contributed by atoms with van der Waals surface area (Å²) in [5.41, 5.74) is 3.39. The van der Waals surface area contributed by atoms with Crippen LogP contribution in [0.15, 0.2) is 29.6 Å². The van der Waals surface area contributed by atoms with Crippen LogP contribution in [0.25, 0.3) is 0 Å².